The van der Waals surface area contributed by atoms with Gasteiger partial charge in [-0.3, -0.25) is 4.57 Å². The molecule has 1 fully saturated rings. The molecule has 0 aromatic carbocycles. The lowest BCUT2D eigenvalue weighted by molar-refractivity contribution is -0.241. The number of alkyl halides is 4. The third-order valence-electron chi connectivity index (χ3n) is 4.30. The van der Waals surface area contributed by atoms with Crippen molar-refractivity contribution in [1.29, 1.82) is 0 Å². The van der Waals surface area contributed by atoms with Gasteiger partial charge in [-0.2, -0.15) is 18.2 Å². The van der Waals surface area contributed by atoms with Crippen molar-refractivity contribution in [3.05, 3.63) is 16.7 Å². The van der Waals surface area contributed by atoms with Crippen LogP contribution in [0.25, 0.3) is 11.2 Å². The largest absolute Gasteiger partial charge is 0.417 e. The molecular formula is C14H17F4N5O4. The molecule has 1 aliphatic heterocycles. The Hall–Kier alpha value is -2.25. The molecule has 1 aliphatic rings. The summed E-state index contributed by atoms with van der Waals surface area (Å²) in [7, 11) is 0. The number of rotatable bonds is 4. The number of hydrogen-bond donors (Lipinski definition) is 3. The highest BCUT2D eigenvalue weighted by Gasteiger charge is 2.56. The van der Waals surface area contributed by atoms with Crippen LogP contribution in [0.5, 0.6) is 0 Å². The number of fused-ring (bicyclic) bond motifs is 1. The van der Waals surface area contributed by atoms with E-state index in [1.54, 1.807) is 6.92 Å². The van der Waals surface area contributed by atoms with E-state index in [-0.39, 0.29) is 23.7 Å². The summed E-state index contributed by atoms with van der Waals surface area (Å²) in [5.74, 6) is -0.235. The predicted molar refractivity (Wildman–Crippen MR) is 83.4 cm³/mol. The van der Waals surface area contributed by atoms with Gasteiger partial charge in [0, 0.05) is 6.54 Å². The van der Waals surface area contributed by atoms with Crippen molar-refractivity contribution in [3.8, 4) is 0 Å². The average Bonchev–Trinajstić information content (AvgIpc) is 3.01. The maximum absolute atomic E-state index is 14.2. The Bertz CT molecular complexity index is 898. The minimum atomic E-state index is -5.17. The molecule has 1 saturated heterocycles. The number of nitrogen functional groups attached to an aromatic ring is 1. The monoisotopic (exact) mass is 395 g/mol. The van der Waals surface area contributed by atoms with Crippen molar-refractivity contribution >= 4 is 17.1 Å². The molecule has 0 saturated carbocycles. The first-order valence-corrected chi connectivity index (χ1v) is 8.03. The number of halogens is 4. The lowest BCUT2D eigenvalue weighted by Gasteiger charge is -2.22. The lowest BCUT2D eigenvalue weighted by atomic mass is 10.1. The van der Waals surface area contributed by atoms with Crippen molar-refractivity contribution in [2.75, 3.05) is 5.73 Å². The summed E-state index contributed by atoms with van der Waals surface area (Å²) in [6, 6.07) is 0. The van der Waals surface area contributed by atoms with Crippen LogP contribution in [-0.2, 0) is 11.3 Å². The van der Waals surface area contributed by atoms with Crippen LogP contribution in [0.15, 0.2) is 11.0 Å². The zero-order chi connectivity index (χ0) is 20.1. The van der Waals surface area contributed by atoms with E-state index in [2.05, 4.69) is 9.97 Å². The molecular weight excluding hydrogens is 378 g/mol. The van der Waals surface area contributed by atoms with Gasteiger partial charge in [0.1, 0.15) is 17.7 Å². The van der Waals surface area contributed by atoms with Gasteiger partial charge in [-0.25, -0.2) is 18.7 Å². The highest BCUT2D eigenvalue weighted by Crippen LogP contribution is 2.38. The number of aryl methyl sites for hydroxylation is 1. The molecule has 0 radical (unpaired) electrons. The number of nitrogens with two attached hydrogens (primary N) is 1. The Morgan fingerprint density at radius 2 is 2.11 bits per heavy atom. The third kappa shape index (κ3) is 3.15. The maximum Gasteiger partial charge on any atom is 0.417 e. The van der Waals surface area contributed by atoms with E-state index in [1.165, 1.54) is 10.8 Å². The Kier molecular flexibility index (Phi) is 4.86. The number of aliphatic hydroxyl groups is 2. The van der Waals surface area contributed by atoms with Gasteiger partial charge in [-0.15, -0.1) is 0 Å². The van der Waals surface area contributed by atoms with E-state index >= 15 is 0 Å². The predicted octanol–water partition coefficient (Wildman–Crippen LogP) is 0.105. The van der Waals surface area contributed by atoms with Crippen LogP contribution in [-0.4, -0.2) is 60.0 Å². The molecule has 3 rings (SSSR count). The normalized spacial score (nSPS) is 27.4. The molecule has 27 heavy (non-hydrogen) atoms. The van der Waals surface area contributed by atoms with E-state index in [0.717, 1.165) is 4.57 Å². The summed E-state index contributed by atoms with van der Waals surface area (Å²) in [6.07, 6.45) is -15.5. The second-order valence-electron chi connectivity index (χ2n) is 6.15. The fourth-order valence-electron chi connectivity index (χ4n) is 3.06. The van der Waals surface area contributed by atoms with Gasteiger partial charge in [-0.05, 0) is 6.42 Å². The Morgan fingerprint density at radius 3 is 2.70 bits per heavy atom. The minimum absolute atomic E-state index is 0.126. The van der Waals surface area contributed by atoms with Gasteiger partial charge in [0.15, 0.2) is 24.2 Å². The highest BCUT2D eigenvalue weighted by atomic mass is 19.4. The molecule has 5 atom stereocenters. The number of aliphatic hydroxyl groups excluding tert-OH is 2. The summed E-state index contributed by atoms with van der Waals surface area (Å²) < 4.78 is 59.3. The number of imidazole rings is 1. The van der Waals surface area contributed by atoms with E-state index in [4.69, 9.17) is 10.5 Å². The second kappa shape index (κ2) is 6.73. The van der Waals surface area contributed by atoms with Crippen LogP contribution < -0.4 is 11.4 Å². The Morgan fingerprint density at radius 1 is 1.44 bits per heavy atom. The fourth-order valence-corrected chi connectivity index (χ4v) is 3.06. The molecule has 1 unspecified atom stereocenters. The molecule has 2 aromatic rings. The number of anilines is 1. The van der Waals surface area contributed by atoms with Gasteiger partial charge >= 0.3 is 11.9 Å². The van der Waals surface area contributed by atoms with Crippen molar-refractivity contribution in [2.45, 2.75) is 56.8 Å². The first-order chi connectivity index (χ1) is 12.6. The van der Waals surface area contributed by atoms with Gasteiger partial charge in [0.25, 0.3) is 0 Å². The summed E-state index contributed by atoms with van der Waals surface area (Å²) in [5.41, 5.74) is 4.79. The summed E-state index contributed by atoms with van der Waals surface area (Å²) in [4.78, 5) is 20.4. The van der Waals surface area contributed by atoms with Crippen LogP contribution >= 0.6 is 0 Å². The standard InChI is InChI=1S/C14H17F4N5O4/c1-2-3-22-5-4-20-12(19)21-10(5)23(13(22)26)11-7(24)6(15)8(27-11)9(25)14(16,17)18/h4,6-9,11,24-25H,2-3H2,1H3,(H2,19,20,21)/t6-,7-,8+,9?,11-/m1/s1. The van der Waals surface area contributed by atoms with Gasteiger partial charge in [0.2, 0.25) is 5.95 Å². The number of nitrogens with zero attached hydrogens (tertiary/aromatic N) is 4. The lowest BCUT2D eigenvalue weighted by Crippen LogP contribution is -2.44. The molecule has 150 valence electrons. The number of aromatic nitrogens is 4. The van der Waals surface area contributed by atoms with Crippen LogP contribution in [0.1, 0.15) is 19.6 Å². The molecule has 2 aromatic heterocycles. The highest BCUT2D eigenvalue weighted by molar-refractivity contribution is 5.71. The summed E-state index contributed by atoms with van der Waals surface area (Å²) in [5, 5.41) is 19.4. The number of hydrogen-bond acceptors (Lipinski definition) is 7. The molecule has 9 nitrogen and oxygen atoms in total. The van der Waals surface area contributed by atoms with Gasteiger partial charge in [0.05, 0.1) is 6.20 Å². The van der Waals surface area contributed by atoms with Crippen LogP contribution in [0.2, 0.25) is 0 Å². The molecule has 13 heteroatoms. The molecule has 0 bridgehead atoms. The first kappa shape index (κ1) is 19.5. The van der Waals surface area contributed by atoms with Gasteiger partial charge < -0.3 is 20.7 Å². The fraction of sp³-hybridized carbons (Fsp3) is 0.643. The first-order valence-electron chi connectivity index (χ1n) is 8.03. The van der Waals surface area contributed by atoms with E-state index in [0.29, 0.717) is 6.42 Å². The topological polar surface area (TPSA) is 128 Å². The smallest absolute Gasteiger partial charge is 0.385 e. The molecule has 0 aliphatic carbocycles. The zero-order valence-corrected chi connectivity index (χ0v) is 14.0. The molecule has 0 spiro atoms. The van der Waals surface area contributed by atoms with E-state index < -0.39 is 42.6 Å². The van der Waals surface area contributed by atoms with Crippen LogP contribution in [0.4, 0.5) is 23.5 Å². The zero-order valence-electron chi connectivity index (χ0n) is 14.0. The van der Waals surface area contributed by atoms with Crippen LogP contribution in [0, 0.1) is 0 Å². The third-order valence-corrected chi connectivity index (χ3v) is 4.30. The van der Waals surface area contributed by atoms with E-state index in [1.807, 2.05) is 0 Å². The van der Waals surface area contributed by atoms with Crippen molar-refractivity contribution in [3.63, 3.8) is 0 Å². The average molecular weight is 395 g/mol. The molecule has 4 N–H and O–H groups in total. The maximum atomic E-state index is 14.2. The SMILES string of the molecule is CCCn1c(=O)n([C@@H]2O[C@H](C(O)C(F)(F)F)[C@H](F)[C@H]2O)c2nc(N)ncc21. The quantitative estimate of drug-likeness (QED) is 0.627. The molecule has 3 heterocycles. The van der Waals surface area contributed by atoms with Crippen molar-refractivity contribution in [1.82, 2.24) is 19.1 Å². The summed E-state index contributed by atoms with van der Waals surface area (Å²) in [6.45, 7) is 1.99. The second-order valence-corrected chi connectivity index (χ2v) is 6.15. The number of ether oxygens (including phenoxy) is 1. The van der Waals surface area contributed by atoms with Crippen LogP contribution in [0.3, 0.4) is 0 Å². The Labute approximate surface area is 149 Å². The van der Waals surface area contributed by atoms with Gasteiger partial charge in [-0.1, -0.05) is 6.92 Å². The molecule has 0 amide bonds. The van der Waals surface area contributed by atoms with Crippen molar-refractivity contribution < 1.29 is 32.5 Å². The van der Waals surface area contributed by atoms with E-state index in [9.17, 15) is 32.6 Å². The Balaban J connectivity index is 2.11. The van der Waals surface area contributed by atoms with Crippen molar-refractivity contribution in [2.24, 2.45) is 0 Å². The minimum Gasteiger partial charge on any atom is -0.385 e. The summed E-state index contributed by atoms with van der Waals surface area (Å²) >= 11 is 0.